The van der Waals surface area contributed by atoms with Gasteiger partial charge in [0, 0.05) is 0 Å². The van der Waals surface area contributed by atoms with E-state index >= 15 is 0 Å². The van der Waals surface area contributed by atoms with Crippen LogP contribution in [-0.4, -0.2) is 10.8 Å². The van der Waals surface area contributed by atoms with Gasteiger partial charge in [-0.15, -0.1) is 0 Å². The molecular formula is C20H41NOS. The molecule has 0 aliphatic heterocycles. The van der Waals surface area contributed by atoms with Crippen LogP contribution >= 0.6 is 12.2 Å². The van der Waals surface area contributed by atoms with Gasteiger partial charge in [0.2, 0.25) is 0 Å². The van der Waals surface area contributed by atoms with E-state index in [0.29, 0.717) is 0 Å². The van der Waals surface area contributed by atoms with Gasteiger partial charge >= 0.3 is 0 Å². The highest BCUT2D eigenvalue weighted by atomic mass is 32.1. The highest BCUT2D eigenvalue weighted by Crippen LogP contribution is 2.19. The highest BCUT2D eigenvalue weighted by molar-refractivity contribution is 7.80. The van der Waals surface area contributed by atoms with Gasteiger partial charge in [-0.25, -0.2) is 0 Å². The molecule has 0 atom stereocenters. The van der Waals surface area contributed by atoms with Gasteiger partial charge in [-0.3, -0.25) is 0 Å². The molecule has 0 aliphatic rings. The number of hydrogen-bond acceptors (Lipinski definition) is 2. The molecule has 0 heterocycles. The number of rotatable bonds is 16. The zero-order chi connectivity index (χ0) is 17.4. The molecule has 0 spiro atoms. The van der Waals surface area contributed by atoms with Crippen molar-refractivity contribution < 1.29 is 4.74 Å². The summed E-state index contributed by atoms with van der Waals surface area (Å²) in [5, 5.41) is 0.167. The van der Waals surface area contributed by atoms with Gasteiger partial charge < -0.3 is 10.5 Å². The predicted molar refractivity (Wildman–Crippen MR) is 107 cm³/mol. The maximum absolute atomic E-state index is 5.46. The summed E-state index contributed by atoms with van der Waals surface area (Å²) in [6, 6.07) is 0. The number of unbranched alkanes of at least 4 members (excludes halogenated alkanes) is 13. The monoisotopic (exact) mass is 343 g/mol. The van der Waals surface area contributed by atoms with Gasteiger partial charge in [-0.05, 0) is 38.9 Å². The number of ether oxygens (including phenoxy) is 1. The smallest absolute Gasteiger partial charge is 0.254 e. The van der Waals surface area contributed by atoms with E-state index in [1.165, 1.54) is 89.9 Å². The number of nitrogens with two attached hydrogens (primary N) is 1. The Hall–Kier alpha value is -0.310. The molecule has 0 aromatic heterocycles. The fourth-order valence-electron chi connectivity index (χ4n) is 3.07. The van der Waals surface area contributed by atoms with Crippen LogP contribution in [0.4, 0.5) is 0 Å². The Morgan fingerprint density at radius 1 is 0.739 bits per heavy atom. The summed E-state index contributed by atoms with van der Waals surface area (Å²) in [4.78, 5) is 0. The summed E-state index contributed by atoms with van der Waals surface area (Å²) in [7, 11) is 0. The summed E-state index contributed by atoms with van der Waals surface area (Å²) in [5.41, 5.74) is 5.23. The summed E-state index contributed by atoms with van der Waals surface area (Å²) in [5.74, 6) is 0. The first-order chi connectivity index (χ1) is 11.0. The molecule has 0 unspecified atom stereocenters. The zero-order valence-electron chi connectivity index (χ0n) is 16.0. The topological polar surface area (TPSA) is 35.2 Å². The lowest BCUT2D eigenvalue weighted by molar-refractivity contribution is 0.0849. The van der Waals surface area contributed by atoms with Gasteiger partial charge in [0.25, 0.3) is 5.17 Å². The van der Waals surface area contributed by atoms with Crippen molar-refractivity contribution in [2.45, 2.75) is 123 Å². The molecule has 0 rings (SSSR count). The molecule has 3 heteroatoms. The number of thiocarbonyl (C=S) groups is 1. The minimum absolute atomic E-state index is 0.167. The van der Waals surface area contributed by atoms with Crippen molar-refractivity contribution in [3.8, 4) is 0 Å². The van der Waals surface area contributed by atoms with Crippen LogP contribution in [0.1, 0.15) is 117 Å². The SMILES string of the molecule is CCCCCCCCCCCCCCCCC(C)(C)OC(N)=S. The second-order valence-corrected chi connectivity index (χ2v) is 7.93. The van der Waals surface area contributed by atoms with Crippen LogP contribution in [0.5, 0.6) is 0 Å². The van der Waals surface area contributed by atoms with Crippen molar-refractivity contribution >= 4 is 17.4 Å². The van der Waals surface area contributed by atoms with Crippen molar-refractivity contribution in [3.63, 3.8) is 0 Å². The molecule has 0 radical (unpaired) electrons. The maximum Gasteiger partial charge on any atom is 0.254 e. The molecule has 23 heavy (non-hydrogen) atoms. The fourth-order valence-corrected chi connectivity index (χ4v) is 3.29. The van der Waals surface area contributed by atoms with Crippen molar-refractivity contribution in [3.05, 3.63) is 0 Å². The van der Waals surface area contributed by atoms with Crippen LogP contribution in [0.2, 0.25) is 0 Å². The van der Waals surface area contributed by atoms with Crippen LogP contribution in [0.15, 0.2) is 0 Å². The molecule has 0 aromatic rings. The van der Waals surface area contributed by atoms with Crippen LogP contribution in [0.25, 0.3) is 0 Å². The minimum Gasteiger partial charge on any atom is -0.465 e. The maximum atomic E-state index is 5.46. The normalized spacial score (nSPS) is 11.6. The summed E-state index contributed by atoms with van der Waals surface area (Å²) < 4.78 is 5.46. The molecule has 0 amide bonds. The van der Waals surface area contributed by atoms with Gasteiger partial charge in [0.15, 0.2) is 0 Å². The van der Waals surface area contributed by atoms with E-state index in [1.807, 2.05) is 0 Å². The van der Waals surface area contributed by atoms with E-state index in [0.717, 1.165) is 6.42 Å². The average Bonchev–Trinajstić information content (AvgIpc) is 2.46. The van der Waals surface area contributed by atoms with E-state index in [4.69, 9.17) is 22.7 Å². The van der Waals surface area contributed by atoms with Gasteiger partial charge in [0.05, 0.1) is 0 Å². The lowest BCUT2D eigenvalue weighted by atomic mass is 9.99. The van der Waals surface area contributed by atoms with Crippen LogP contribution < -0.4 is 5.73 Å². The standard InChI is InChI=1S/C20H41NOS/c1-4-5-6-7-8-9-10-11-12-13-14-15-16-17-18-20(2,3)22-19(21)23/h4-18H2,1-3H3,(H2,21,23). The van der Waals surface area contributed by atoms with Crippen LogP contribution in [-0.2, 0) is 4.74 Å². The third-order valence-electron chi connectivity index (χ3n) is 4.51. The third kappa shape index (κ3) is 17.9. The van der Waals surface area contributed by atoms with Gasteiger partial charge in [-0.1, -0.05) is 90.4 Å². The van der Waals surface area contributed by atoms with Crippen LogP contribution in [0.3, 0.4) is 0 Å². The molecule has 0 fully saturated rings. The Morgan fingerprint density at radius 3 is 1.43 bits per heavy atom. The molecule has 2 nitrogen and oxygen atoms in total. The minimum atomic E-state index is -0.205. The lowest BCUT2D eigenvalue weighted by Gasteiger charge is -2.25. The number of hydrogen-bond donors (Lipinski definition) is 1. The van der Waals surface area contributed by atoms with Gasteiger partial charge in [0.1, 0.15) is 5.60 Å². The first kappa shape index (κ1) is 22.7. The Bertz CT molecular complexity index is 279. The summed E-state index contributed by atoms with van der Waals surface area (Å²) in [6.45, 7) is 6.41. The quantitative estimate of drug-likeness (QED) is 0.244. The molecule has 138 valence electrons. The molecule has 0 saturated carbocycles. The Morgan fingerprint density at radius 2 is 1.09 bits per heavy atom. The molecule has 0 aromatic carbocycles. The first-order valence-electron chi connectivity index (χ1n) is 9.96. The van der Waals surface area contributed by atoms with Crippen molar-refractivity contribution in [2.24, 2.45) is 5.73 Å². The second-order valence-electron chi connectivity index (χ2n) is 7.53. The van der Waals surface area contributed by atoms with E-state index in [1.54, 1.807) is 0 Å². The Balaban J connectivity index is 3.20. The van der Waals surface area contributed by atoms with Crippen molar-refractivity contribution in [2.75, 3.05) is 0 Å². The van der Waals surface area contributed by atoms with Gasteiger partial charge in [-0.2, -0.15) is 0 Å². The predicted octanol–water partition coefficient (Wildman–Crippen LogP) is 6.90. The summed E-state index contributed by atoms with van der Waals surface area (Å²) in [6.07, 6.45) is 20.5. The van der Waals surface area contributed by atoms with E-state index in [2.05, 4.69) is 20.8 Å². The first-order valence-corrected chi connectivity index (χ1v) is 10.4. The average molecular weight is 344 g/mol. The Kier molecular flexibility index (Phi) is 15.0. The third-order valence-corrected chi connectivity index (χ3v) is 4.59. The van der Waals surface area contributed by atoms with E-state index < -0.39 is 0 Å². The Labute approximate surface area is 150 Å². The molecule has 2 N–H and O–H groups in total. The molecular weight excluding hydrogens is 302 g/mol. The van der Waals surface area contributed by atoms with Crippen LogP contribution in [0, 0.1) is 0 Å². The second kappa shape index (κ2) is 15.2. The highest BCUT2D eigenvalue weighted by Gasteiger charge is 2.19. The fraction of sp³-hybridized carbons (Fsp3) is 0.950. The van der Waals surface area contributed by atoms with Crippen molar-refractivity contribution in [1.29, 1.82) is 0 Å². The van der Waals surface area contributed by atoms with Crippen molar-refractivity contribution in [1.82, 2.24) is 0 Å². The largest absolute Gasteiger partial charge is 0.465 e. The molecule has 0 bridgehead atoms. The van der Waals surface area contributed by atoms with E-state index in [-0.39, 0.29) is 10.8 Å². The lowest BCUT2D eigenvalue weighted by Crippen LogP contribution is -2.30. The molecule has 0 aliphatic carbocycles. The van der Waals surface area contributed by atoms with E-state index in [9.17, 15) is 0 Å². The zero-order valence-corrected chi connectivity index (χ0v) is 16.8. The molecule has 0 saturated heterocycles. The summed E-state index contributed by atoms with van der Waals surface area (Å²) >= 11 is 4.81.